The number of piperazine rings is 1. The maximum atomic E-state index is 2.82. The van der Waals surface area contributed by atoms with E-state index in [1.165, 1.54) is 75.7 Å². The molecular weight excluding hydrogens is 304 g/mol. The molecule has 1 heterocycles. The average molecular weight is 343 g/mol. The van der Waals surface area contributed by atoms with Gasteiger partial charge in [-0.1, -0.05) is 62.4 Å². The minimum Gasteiger partial charge on any atom is -0.295 e. The van der Waals surface area contributed by atoms with Crippen LogP contribution in [0.2, 0.25) is 0 Å². The SMILES string of the molecule is CCC[C@H](c1ccc(C)cc1)N1CCN(C2(C)CCCCC2)C[C@@H]1C. The predicted molar refractivity (Wildman–Crippen MR) is 108 cm³/mol. The molecule has 0 amide bonds. The minimum atomic E-state index is 0.461. The molecule has 3 rings (SSSR count). The standard InChI is InChI=1S/C23H38N2/c1-5-9-22(21-12-10-19(2)11-13-21)25-17-16-24(18-20(25)3)23(4)14-7-6-8-15-23/h10-13,20,22H,5-9,14-18H2,1-4H3/t20-,22+/m0/s1. The summed E-state index contributed by atoms with van der Waals surface area (Å²) in [6.45, 7) is 13.2. The van der Waals surface area contributed by atoms with E-state index in [1.54, 1.807) is 0 Å². The Balaban J connectivity index is 1.71. The Morgan fingerprint density at radius 3 is 2.36 bits per heavy atom. The van der Waals surface area contributed by atoms with Crippen LogP contribution in [0.4, 0.5) is 0 Å². The zero-order chi connectivity index (χ0) is 17.9. The average Bonchev–Trinajstić information content (AvgIpc) is 2.61. The van der Waals surface area contributed by atoms with Crippen molar-refractivity contribution in [2.24, 2.45) is 0 Å². The van der Waals surface area contributed by atoms with E-state index in [4.69, 9.17) is 0 Å². The van der Waals surface area contributed by atoms with Gasteiger partial charge in [0.2, 0.25) is 0 Å². The molecule has 0 bridgehead atoms. The van der Waals surface area contributed by atoms with Crippen LogP contribution < -0.4 is 0 Å². The molecule has 0 unspecified atom stereocenters. The van der Waals surface area contributed by atoms with Crippen LogP contribution in [0.5, 0.6) is 0 Å². The Morgan fingerprint density at radius 2 is 1.76 bits per heavy atom. The van der Waals surface area contributed by atoms with Crippen molar-refractivity contribution >= 4 is 0 Å². The first kappa shape index (κ1) is 18.9. The van der Waals surface area contributed by atoms with Gasteiger partial charge in [0.15, 0.2) is 0 Å². The number of hydrogen-bond acceptors (Lipinski definition) is 2. The second kappa shape index (κ2) is 8.22. The third-order valence-electron chi connectivity index (χ3n) is 6.80. The van der Waals surface area contributed by atoms with Gasteiger partial charge in [0.05, 0.1) is 0 Å². The third kappa shape index (κ3) is 4.28. The van der Waals surface area contributed by atoms with Gasteiger partial charge in [0.1, 0.15) is 0 Å². The van der Waals surface area contributed by atoms with Crippen LogP contribution in [-0.4, -0.2) is 41.0 Å². The van der Waals surface area contributed by atoms with Crippen molar-refractivity contribution in [3.63, 3.8) is 0 Å². The van der Waals surface area contributed by atoms with E-state index >= 15 is 0 Å². The first-order valence-corrected chi connectivity index (χ1v) is 10.6. The first-order chi connectivity index (χ1) is 12.0. The van der Waals surface area contributed by atoms with E-state index in [0.717, 1.165) is 0 Å². The van der Waals surface area contributed by atoms with Crippen LogP contribution in [0, 0.1) is 6.92 Å². The molecule has 1 saturated carbocycles. The van der Waals surface area contributed by atoms with Crippen molar-refractivity contribution in [1.82, 2.24) is 9.80 Å². The van der Waals surface area contributed by atoms with Crippen LogP contribution >= 0.6 is 0 Å². The summed E-state index contributed by atoms with van der Waals surface area (Å²) in [5, 5.41) is 0. The third-order valence-corrected chi connectivity index (χ3v) is 6.80. The molecule has 1 aromatic carbocycles. The van der Waals surface area contributed by atoms with Crippen molar-refractivity contribution < 1.29 is 0 Å². The van der Waals surface area contributed by atoms with Crippen LogP contribution in [0.3, 0.4) is 0 Å². The molecule has 0 aromatic heterocycles. The molecule has 2 heteroatoms. The lowest BCUT2D eigenvalue weighted by molar-refractivity contribution is -0.0228. The second-order valence-corrected chi connectivity index (χ2v) is 8.81. The summed E-state index contributed by atoms with van der Waals surface area (Å²) >= 11 is 0. The monoisotopic (exact) mass is 342 g/mol. The Hall–Kier alpha value is -0.860. The van der Waals surface area contributed by atoms with Gasteiger partial charge in [0.25, 0.3) is 0 Å². The van der Waals surface area contributed by atoms with Crippen LogP contribution in [0.25, 0.3) is 0 Å². The highest BCUT2D eigenvalue weighted by Gasteiger charge is 2.38. The van der Waals surface area contributed by atoms with E-state index in [1.807, 2.05) is 0 Å². The molecule has 140 valence electrons. The maximum Gasteiger partial charge on any atom is 0.0351 e. The van der Waals surface area contributed by atoms with Gasteiger partial charge in [0, 0.05) is 37.3 Å². The highest BCUT2D eigenvalue weighted by atomic mass is 15.3. The largest absolute Gasteiger partial charge is 0.295 e. The molecule has 1 saturated heterocycles. The summed E-state index contributed by atoms with van der Waals surface area (Å²) in [6, 6.07) is 10.5. The molecule has 1 aliphatic heterocycles. The van der Waals surface area contributed by atoms with Crippen molar-refractivity contribution in [1.29, 1.82) is 0 Å². The molecule has 0 radical (unpaired) electrons. The predicted octanol–water partition coefficient (Wildman–Crippen LogP) is 5.57. The number of rotatable bonds is 5. The Morgan fingerprint density at radius 1 is 1.08 bits per heavy atom. The van der Waals surface area contributed by atoms with E-state index < -0.39 is 0 Å². The molecule has 0 spiro atoms. The van der Waals surface area contributed by atoms with Crippen LogP contribution in [0.15, 0.2) is 24.3 Å². The first-order valence-electron chi connectivity index (χ1n) is 10.6. The topological polar surface area (TPSA) is 6.48 Å². The smallest absolute Gasteiger partial charge is 0.0351 e. The van der Waals surface area contributed by atoms with Gasteiger partial charge < -0.3 is 0 Å². The summed E-state index contributed by atoms with van der Waals surface area (Å²) in [5.74, 6) is 0. The van der Waals surface area contributed by atoms with E-state index in [2.05, 4.69) is 61.8 Å². The molecule has 2 aliphatic rings. The molecule has 1 aliphatic carbocycles. The van der Waals surface area contributed by atoms with E-state index in [9.17, 15) is 0 Å². The number of nitrogens with zero attached hydrogens (tertiary/aromatic N) is 2. The summed E-state index contributed by atoms with van der Waals surface area (Å²) < 4.78 is 0. The van der Waals surface area contributed by atoms with Crippen molar-refractivity contribution in [2.75, 3.05) is 19.6 Å². The normalized spacial score (nSPS) is 26.5. The van der Waals surface area contributed by atoms with Gasteiger partial charge >= 0.3 is 0 Å². The second-order valence-electron chi connectivity index (χ2n) is 8.81. The Kier molecular flexibility index (Phi) is 6.22. The highest BCUT2D eigenvalue weighted by molar-refractivity contribution is 5.24. The van der Waals surface area contributed by atoms with E-state index in [-0.39, 0.29) is 0 Å². The zero-order valence-electron chi connectivity index (χ0n) is 16.9. The fourth-order valence-electron chi connectivity index (χ4n) is 5.14. The lowest BCUT2D eigenvalue weighted by Gasteiger charge is -2.52. The lowest BCUT2D eigenvalue weighted by atomic mass is 9.81. The van der Waals surface area contributed by atoms with Crippen molar-refractivity contribution in [3.8, 4) is 0 Å². The Labute approximate surface area is 155 Å². The zero-order valence-corrected chi connectivity index (χ0v) is 16.9. The minimum absolute atomic E-state index is 0.461. The summed E-state index contributed by atoms with van der Waals surface area (Å²) in [7, 11) is 0. The molecule has 0 N–H and O–H groups in total. The Bertz CT molecular complexity index is 530. The summed E-state index contributed by atoms with van der Waals surface area (Å²) in [6.07, 6.45) is 9.61. The quantitative estimate of drug-likeness (QED) is 0.690. The number of aryl methyl sites for hydroxylation is 1. The van der Waals surface area contributed by atoms with Gasteiger partial charge in [-0.15, -0.1) is 0 Å². The summed E-state index contributed by atoms with van der Waals surface area (Å²) in [5.41, 5.74) is 3.33. The van der Waals surface area contributed by atoms with Crippen molar-refractivity contribution in [3.05, 3.63) is 35.4 Å². The van der Waals surface area contributed by atoms with Crippen LogP contribution in [0.1, 0.15) is 82.9 Å². The fraction of sp³-hybridized carbons (Fsp3) is 0.739. The fourth-order valence-corrected chi connectivity index (χ4v) is 5.14. The molecule has 2 atom stereocenters. The molecule has 25 heavy (non-hydrogen) atoms. The molecule has 1 aromatic rings. The van der Waals surface area contributed by atoms with Gasteiger partial charge in [-0.2, -0.15) is 0 Å². The highest BCUT2D eigenvalue weighted by Crippen LogP contribution is 2.37. The molecular formula is C23H38N2. The van der Waals surface area contributed by atoms with E-state index in [0.29, 0.717) is 17.6 Å². The molecule has 2 nitrogen and oxygen atoms in total. The van der Waals surface area contributed by atoms with Gasteiger partial charge in [-0.25, -0.2) is 0 Å². The maximum absolute atomic E-state index is 2.82. The molecule has 2 fully saturated rings. The van der Waals surface area contributed by atoms with Gasteiger partial charge in [-0.05, 0) is 45.6 Å². The number of benzene rings is 1. The van der Waals surface area contributed by atoms with Crippen molar-refractivity contribution in [2.45, 2.75) is 90.3 Å². The van der Waals surface area contributed by atoms with Crippen LogP contribution in [-0.2, 0) is 0 Å². The lowest BCUT2D eigenvalue weighted by Crippen LogP contribution is -2.60. The number of hydrogen-bond donors (Lipinski definition) is 0. The summed E-state index contributed by atoms with van der Waals surface area (Å²) in [4.78, 5) is 5.61. The van der Waals surface area contributed by atoms with Gasteiger partial charge in [-0.3, -0.25) is 9.80 Å².